The van der Waals surface area contributed by atoms with Gasteiger partial charge in [-0.15, -0.1) is 0 Å². The van der Waals surface area contributed by atoms with Crippen molar-refractivity contribution in [2.75, 3.05) is 6.16 Å². The number of aliphatic hydroxyl groups excluding tert-OH is 1. The second kappa shape index (κ2) is 6.64. The molecule has 8 heteroatoms. The van der Waals surface area contributed by atoms with E-state index in [1.54, 1.807) is 0 Å². The van der Waals surface area contributed by atoms with Gasteiger partial charge in [0.2, 0.25) is 7.37 Å². The summed E-state index contributed by atoms with van der Waals surface area (Å²) in [6, 6.07) is 6.32. The molecule has 0 fully saturated rings. The third-order valence-electron chi connectivity index (χ3n) is 2.77. The van der Waals surface area contributed by atoms with Gasteiger partial charge in [-0.25, -0.2) is 0 Å². The van der Waals surface area contributed by atoms with Gasteiger partial charge in [-0.05, 0) is 24.1 Å². The lowest BCUT2D eigenvalue weighted by Crippen LogP contribution is -2.31. The molecule has 20 heavy (non-hydrogen) atoms. The van der Waals surface area contributed by atoms with Crippen LogP contribution in [-0.2, 0) is 9.36 Å². The summed E-state index contributed by atoms with van der Waals surface area (Å²) in [5.74, 6) is -2.94. The van der Waals surface area contributed by atoms with Gasteiger partial charge in [0, 0.05) is 6.16 Å². The van der Waals surface area contributed by atoms with Crippen LogP contribution in [0.1, 0.15) is 23.4 Å². The number of nitrogens with two attached hydrogens (primary N) is 1. The van der Waals surface area contributed by atoms with Gasteiger partial charge < -0.3 is 20.8 Å². The van der Waals surface area contributed by atoms with Crippen molar-refractivity contribution in [3.63, 3.8) is 0 Å². The topological polar surface area (TPSA) is 145 Å². The first-order valence-corrected chi connectivity index (χ1v) is 7.67. The maximum atomic E-state index is 12.0. The Bertz CT molecular complexity index is 583. The number of hydrogen-bond donors (Lipinski definition) is 4. The fourth-order valence-electron chi connectivity index (χ4n) is 1.57. The van der Waals surface area contributed by atoms with E-state index in [4.69, 9.17) is 16.1 Å². The summed E-state index contributed by atoms with van der Waals surface area (Å²) < 4.78 is 12.0. The molecule has 0 heterocycles. The Morgan fingerprint density at radius 2 is 2.15 bits per heavy atom. The lowest BCUT2D eigenvalue weighted by molar-refractivity contribution is -0.138. The van der Waals surface area contributed by atoms with Crippen molar-refractivity contribution in [1.29, 1.82) is 5.26 Å². The summed E-state index contributed by atoms with van der Waals surface area (Å²) in [5, 5.41) is 27.3. The molecular weight excluding hydrogens is 283 g/mol. The Balaban J connectivity index is 2.83. The Hall–Kier alpha value is -1.71. The van der Waals surface area contributed by atoms with Crippen LogP contribution in [0.5, 0.6) is 0 Å². The van der Waals surface area contributed by atoms with E-state index in [2.05, 4.69) is 0 Å². The highest BCUT2D eigenvalue weighted by molar-refractivity contribution is 7.58. The van der Waals surface area contributed by atoms with Gasteiger partial charge in [-0.2, -0.15) is 5.26 Å². The van der Waals surface area contributed by atoms with E-state index < -0.39 is 31.4 Å². The normalized spacial score (nSPS) is 16.7. The van der Waals surface area contributed by atoms with Gasteiger partial charge in [0.25, 0.3) is 0 Å². The molecule has 0 bridgehead atoms. The average molecular weight is 298 g/mol. The zero-order valence-corrected chi connectivity index (χ0v) is 11.4. The van der Waals surface area contributed by atoms with Crippen LogP contribution in [0, 0.1) is 11.3 Å². The second-order valence-corrected chi connectivity index (χ2v) is 6.77. The molecule has 1 rings (SSSR count). The zero-order chi connectivity index (χ0) is 15.3. The van der Waals surface area contributed by atoms with Gasteiger partial charge in [0.15, 0.2) is 5.85 Å². The lowest BCUT2D eigenvalue weighted by Gasteiger charge is -2.19. The number of benzene rings is 1. The summed E-state index contributed by atoms with van der Waals surface area (Å²) in [7, 11) is -4.03. The molecule has 3 atom stereocenters. The maximum absolute atomic E-state index is 12.0. The first-order chi connectivity index (χ1) is 9.27. The van der Waals surface area contributed by atoms with Gasteiger partial charge in [-0.3, -0.25) is 9.36 Å². The number of carbonyl (C=O) groups is 1. The van der Waals surface area contributed by atoms with Crippen LogP contribution in [0.2, 0.25) is 0 Å². The highest BCUT2D eigenvalue weighted by Crippen LogP contribution is 2.54. The Labute approximate surface area is 115 Å². The molecule has 0 saturated heterocycles. The number of aliphatic hydroxyl groups is 1. The summed E-state index contributed by atoms with van der Waals surface area (Å²) >= 11 is 0. The fourth-order valence-corrected chi connectivity index (χ4v) is 3.09. The fraction of sp³-hybridized carbons (Fsp3) is 0.333. The molecule has 0 radical (unpaired) electrons. The van der Waals surface area contributed by atoms with Gasteiger partial charge >= 0.3 is 5.97 Å². The number of rotatable bonds is 6. The summed E-state index contributed by atoms with van der Waals surface area (Å²) in [4.78, 5) is 20.3. The van der Waals surface area contributed by atoms with Crippen LogP contribution in [0.4, 0.5) is 0 Å². The van der Waals surface area contributed by atoms with Crippen molar-refractivity contribution in [2.24, 2.45) is 5.73 Å². The van der Waals surface area contributed by atoms with Crippen molar-refractivity contribution in [1.82, 2.24) is 0 Å². The number of hydrogen-bond acceptors (Lipinski definition) is 5. The predicted octanol–water partition coefficient (Wildman–Crippen LogP) is 0.622. The van der Waals surface area contributed by atoms with Crippen LogP contribution in [-0.4, -0.2) is 33.3 Å². The minimum absolute atomic E-state index is 0.138. The van der Waals surface area contributed by atoms with Crippen LogP contribution in [0.25, 0.3) is 0 Å². The average Bonchev–Trinajstić information content (AvgIpc) is 2.43. The van der Waals surface area contributed by atoms with E-state index in [-0.39, 0.29) is 17.5 Å². The molecule has 0 spiro atoms. The van der Waals surface area contributed by atoms with Crippen molar-refractivity contribution in [3.05, 3.63) is 35.4 Å². The Morgan fingerprint density at radius 1 is 1.50 bits per heavy atom. The first-order valence-electron chi connectivity index (χ1n) is 5.76. The molecule has 7 nitrogen and oxygen atoms in total. The number of carboxylic acid groups (broad SMARTS) is 1. The van der Waals surface area contributed by atoms with Crippen LogP contribution >= 0.6 is 7.37 Å². The Kier molecular flexibility index (Phi) is 5.43. The molecular formula is C12H15N2O5P. The van der Waals surface area contributed by atoms with Gasteiger partial charge in [0.1, 0.15) is 6.04 Å². The predicted molar refractivity (Wildman–Crippen MR) is 71.0 cm³/mol. The van der Waals surface area contributed by atoms with Crippen molar-refractivity contribution < 1.29 is 24.5 Å². The van der Waals surface area contributed by atoms with Crippen molar-refractivity contribution >= 4 is 13.3 Å². The van der Waals surface area contributed by atoms with E-state index in [9.17, 15) is 19.4 Å². The van der Waals surface area contributed by atoms with Crippen molar-refractivity contribution in [2.45, 2.75) is 18.3 Å². The maximum Gasteiger partial charge on any atom is 0.320 e. The smallest absolute Gasteiger partial charge is 0.320 e. The van der Waals surface area contributed by atoms with Crippen LogP contribution < -0.4 is 5.73 Å². The molecule has 0 aromatic heterocycles. The third-order valence-corrected chi connectivity index (χ3v) is 4.74. The molecule has 5 N–H and O–H groups in total. The third kappa shape index (κ3) is 4.15. The first kappa shape index (κ1) is 16.3. The number of carboxylic acids is 1. The molecule has 1 aromatic rings. The van der Waals surface area contributed by atoms with Crippen LogP contribution in [0.15, 0.2) is 24.3 Å². The van der Waals surface area contributed by atoms with E-state index in [0.29, 0.717) is 0 Å². The minimum Gasteiger partial charge on any atom is -0.480 e. The zero-order valence-electron chi connectivity index (χ0n) is 10.5. The highest BCUT2D eigenvalue weighted by Gasteiger charge is 2.31. The standard InChI is InChI=1S/C12H15N2O5P/c13-7-8-2-1-3-9(6-8)12(17)20(18,19)5-4-10(14)11(15)16/h1-3,6,10,12,17H,4-5,14H2,(H,15,16)(H,18,19)/t10-,12?/m0/s1. The monoisotopic (exact) mass is 298 g/mol. The SMILES string of the molecule is N#Cc1cccc(C(O)P(=O)(O)CC[C@H](N)C(=O)O)c1. The second-order valence-electron chi connectivity index (χ2n) is 4.32. The molecule has 0 aliphatic heterocycles. The Morgan fingerprint density at radius 3 is 2.70 bits per heavy atom. The summed E-state index contributed by atoms with van der Waals surface area (Å²) in [6.07, 6.45) is -0.642. The van der Waals surface area contributed by atoms with Crippen LogP contribution in [0.3, 0.4) is 0 Å². The van der Waals surface area contributed by atoms with Crippen molar-refractivity contribution in [3.8, 4) is 6.07 Å². The molecule has 0 amide bonds. The molecule has 2 unspecified atom stereocenters. The number of nitrogens with zero attached hydrogens (tertiary/aromatic N) is 1. The van der Waals surface area contributed by atoms with Gasteiger partial charge in [-0.1, -0.05) is 12.1 Å². The number of nitriles is 1. The molecule has 0 aliphatic rings. The van der Waals surface area contributed by atoms with Gasteiger partial charge in [0.05, 0.1) is 11.6 Å². The van der Waals surface area contributed by atoms with E-state index >= 15 is 0 Å². The van der Waals surface area contributed by atoms with E-state index in [1.165, 1.54) is 24.3 Å². The van der Waals surface area contributed by atoms with E-state index in [1.807, 2.05) is 6.07 Å². The number of aliphatic carboxylic acids is 1. The lowest BCUT2D eigenvalue weighted by atomic mass is 10.1. The summed E-state index contributed by atoms with van der Waals surface area (Å²) in [6.45, 7) is 0. The molecule has 108 valence electrons. The quantitative estimate of drug-likeness (QED) is 0.563. The molecule has 0 saturated carbocycles. The molecule has 0 aliphatic carbocycles. The summed E-state index contributed by atoms with van der Waals surface area (Å²) in [5.41, 5.74) is 5.64. The van der Waals surface area contributed by atoms with E-state index in [0.717, 1.165) is 0 Å². The molecule has 1 aromatic carbocycles. The minimum atomic E-state index is -4.03. The largest absolute Gasteiger partial charge is 0.480 e. The highest BCUT2D eigenvalue weighted by atomic mass is 31.2.